The lowest BCUT2D eigenvalue weighted by molar-refractivity contribution is 0.0696. The van der Waals surface area contributed by atoms with Gasteiger partial charge in [-0.1, -0.05) is 25.1 Å². The number of fused-ring (bicyclic) bond motifs is 1. The van der Waals surface area contributed by atoms with E-state index in [9.17, 15) is 9.90 Å². The SMILES string of the molecule is CCc1nc2ccc(-c3ccc(N)cc3)cc2c(NCCCN(C)C)c1C(=O)O. The number of aromatic nitrogens is 1. The molecule has 0 radical (unpaired) electrons. The zero-order valence-corrected chi connectivity index (χ0v) is 17.2. The van der Waals surface area contributed by atoms with Gasteiger partial charge in [-0.15, -0.1) is 0 Å². The van der Waals surface area contributed by atoms with Gasteiger partial charge in [-0.2, -0.15) is 0 Å². The number of nitrogens with one attached hydrogen (secondary N) is 1. The van der Waals surface area contributed by atoms with Crippen molar-refractivity contribution in [3.8, 4) is 11.1 Å². The number of rotatable bonds is 8. The summed E-state index contributed by atoms with van der Waals surface area (Å²) in [5, 5.41) is 14.1. The van der Waals surface area contributed by atoms with Crippen molar-refractivity contribution in [2.75, 3.05) is 38.2 Å². The minimum absolute atomic E-state index is 0.263. The summed E-state index contributed by atoms with van der Waals surface area (Å²) in [6, 6.07) is 13.6. The second-order valence-corrected chi connectivity index (χ2v) is 7.40. The fraction of sp³-hybridized carbons (Fsp3) is 0.304. The third-order valence-corrected chi connectivity index (χ3v) is 4.94. The number of aryl methyl sites for hydroxylation is 1. The van der Waals surface area contributed by atoms with Crippen LogP contribution in [0.4, 0.5) is 11.4 Å². The third-order valence-electron chi connectivity index (χ3n) is 4.94. The Morgan fingerprint density at radius 3 is 2.45 bits per heavy atom. The lowest BCUT2D eigenvalue weighted by Crippen LogP contribution is -2.18. The molecular formula is C23H28N4O2. The van der Waals surface area contributed by atoms with Crippen molar-refractivity contribution in [3.05, 3.63) is 53.7 Å². The van der Waals surface area contributed by atoms with E-state index in [1.165, 1.54) is 0 Å². The number of hydrogen-bond donors (Lipinski definition) is 3. The van der Waals surface area contributed by atoms with Crippen molar-refractivity contribution in [2.24, 2.45) is 0 Å². The van der Waals surface area contributed by atoms with E-state index in [0.29, 0.717) is 30.0 Å². The van der Waals surface area contributed by atoms with Crippen molar-refractivity contribution in [3.63, 3.8) is 0 Å². The van der Waals surface area contributed by atoms with Crippen LogP contribution in [0.25, 0.3) is 22.0 Å². The summed E-state index contributed by atoms with van der Waals surface area (Å²) in [7, 11) is 4.05. The molecule has 0 aliphatic carbocycles. The van der Waals surface area contributed by atoms with Crippen molar-refractivity contribution >= 4 is 28.2 Å². The zero-order valence-electron chi connectivity index (χ0n) is 17.2. The molecule has 0 atom stereocenters. The van der Waals surface area contributed by atoms with Crippen LogP contribution >= 0.6 is 0 Å². The normalized spacial score (nSPS) is 11.2. The van der Waals surface area contributed by atoms with Crippen LogP contribution in [0.5, 0.6) is 0 Å². The van der Waals surface area contributed by atoms with Gasteiger partial charge in [-0.25, -0.2) is 4.79 Å². The molecule has 3 rings (SSSR count). The molecule has 0 saturated carbocycles. The Hall–Kier alpha value is -3.12. The number of hydrogen-bond acceptors (Lipinski definition) is 5. The van der Waals surface area contributed by atoms with Gasteiger partial charge in [-0.3, -0.25) is 4.98 Å². The first-order valence-corrected chi connectivity index (χ1v) is 9.85. The van der Waals surface area contributed by atoms with Gasteiger partial charge in [0, 0.05) is 17.6 Å². The molecule has 3 aromatic rings. The van der Waals surface area contributed by atoms with E-state index in [2.05, 4.69) is 15.2 Å². The molecule has 6 heteroatoms. The highest BCUT2D eigenvalue weighted by molar-refractivity contribution is 6.06. The highest BCUT2D eigenvalue weighted by atomic mass is 16.4. The maximum absolute atomic E-state index is 12.1. The number of pyridine rings is 1. The summed E-state index contributed by atoms with van der Waals surface area (Å²) in [4.78, 5) is 18.8. The van der Waals surface area contributed by atoms with Gasteiger partial charge >= 0.3 is 5.97 Å². The van der Waals surface area contributed by atoms with Crippen molar-refractivity contribution in [1.82, 2.24) is 9.88 Å². The van der Waals surface area contributed by atoms with E-state index < -0.39 is 5.97 Å². The van der Waals surface area contributed by atoms with E-state index in [1.54, 1.807) is 0 Å². The number of nitrogens with two attached hydrogens (primary N) is 1. The Balaban J connectivity index is 2.11. The molecule has 0 amide bonds. The number of aromatic carboxylic acids is 1. The van der Waals surface area contributed by atoms with Crippen LogP contribution in [0.2, 0.25) is 0 Å². The Labute approximate surface area is 171 Å². The summed E-state index contributed by atoms with van der Waals surface area (Å²) in [6.45, 7) is 3.54. The van der Waals surface area contributed by atoms with Gasteiger partial charge in [0.05, 0.1) is 16.9 Å². The Morgan fingerprint density at radius 1 is 1.14 bits per heavy atom. The Morgan fingerprint density at radius 2 is 1.83 bits per heavy atom. The lowest BCUT2D eigenvalue weighted by atomic mass is 9.99. The molecule has 0 aliphatic rings. The van der Waals surface area contributed by atoms with Crippen LogP contribution < -0.4 is 11.1 Å². The molecular weight excluding hydrogens is 364 g/mol. The number of benzene rings is 2. The number of nitrogen functional groups attached to an aromatic ring is 1. The van der Waals surface area contributed by atoms with Crippen molar-refractivity contribution in [2.45, 2.75) is 19.8 Å². The van der Waals surface area contributed by atoms with Crippen LogP contribution in [0.3, 0.4) is 0 Å². The summed E-state index contributed by atoms with van der Waals surface area (Å²) >= 11 is 0. The van der Waals surface area contributed by atoms with Crippen LogP contribution in [0.15, 0.2) is 42.5 Å². The number of anilines is 2. The first-order chi connectivity index (χ1) is 13.9. The molecule has 6 nitrogen and oxygen atoms in total. The fourth-order valence-corrected chi connectivity index (χ4v) is 3.45. The van der Waals surface area contributed by atoms with Gasteiger partial charge in [0.25, 0.3) is 0 Å². The Kier molecular flexibility index (Phi) is 6.34. The van der Waals surface area contributed by atoms with E-state index in [0.717, 1.165) is 35.0 Å². The maximum Gasteiger partial charge on any atom is 0.339 e. The minimum Gasteiger partial charge on any atom is -0.478 e. The van der Waals surface area contributed by atoms with Crippen LogP contribution in [0.1, 0.15) is 29.4 Å². The summed E-state index contributed by atoms with van der Waals surface area (Å²) < 4.78 is 0. The molecule has 0 spiro atoms. The van der Waals surface area contributed by atoms with E-state index in [4.69, 9.17) is 5.73 Å². The van der Waals surface area contributed by atoms with Crippen molar-refractivity contribution < 1.29 is 9.90 Å². The summed E-state index contributed by atoms with van der Waals surface area (Å²) in [6.07, 6.45) is 1.47. The first-order valence-electron chi connectivity index (χ1n) is 9.85. The van der Waals surface area contributed by atoms with Gasteiger partial charge in [0.15, 0.2) is 0 Å². The van der Waals surface area contributed by atoms with E-state index >= 15 is 0 Å². The smallest absolute Gasteiger partial charge is 0.339 e. The first kappa shape index (κ1) is 20.6. The fourth-order valence-electron chi connectivity index (χ4n) is 3.45. The molecule has 0 aliphatic heterocycles. The molecule has 152 valence electrons. The zero-order chi connectivity index (χ0) is 21.0. The number of carboxylic acids is 1. The Bertz CT molecular complexity index is 1010. The molecule has 0 fully saturated rings. The molecule has 29 heavy (non-hydrogen) atoms. The van der Waals surface area contributed by atoms with Gasteiger partial charge in [0.1, 0.15) is 5.56 Å². The molecule has 2 aromatic carbocycles. The molecule has 4 N–H and O–H groups in total. The van der Waals surface area contributed by atoms with Gasteiger partial charge in [-0.05, 0) is 68.9 Å². The van der Waals surface area contributed by atoms with Crippen LogP contribution in [-0.4, -0.2) is 48.1 Å². The number of carboxylic acid groups (broad SMARTS) is 1. The standard InChI is InChI=1S/C23H28N4O2/c1-4-19-21(23(28)29)22(25-12-5-13-27(2)3)18-14-16(8-11-20(18)26-19)15-6-9-17(24)10-7-15/h6-11,14H,4-5,12-13,24H2,1-3H3,(H,25,26)(H,28,29). The summed E-state index contributed by atoms with van der Waals surface area (Å²) in [5.74, 6) is -0.954. The van der Waals surface area contributed by atoms with E-state index in [1.807, 2.05) is 63.5 Å². The van der Waals surface area contributed by atoms with Gasteiger partial charge < -0.3 is 21.1 Å². The molecule has 0 bridgehead atoms. The van der Waals surface area contributed by atoms with Crippen LogP contribution in [-0.2, 0) is 6.42 Å². The number of carbonyl (C=O) groups is 1. The monoisotopic (exact) mass is 392 g/mol. The average Bonchev–Trinajstić information content (AvgIpc) is 2.70. The molecule has 0 saturated heterocycles. The minimum atomic E-state index is -0.954. The summed E-state index contributed by atoms with van der Waals surface area (Å²) in [5.41, 5.74) is 10.8. The highest BCUT2D eigenvalue weighted by Crippen LogP contribution is 2.33. The maximum atomic E-state index is 12.1. The third kappa shape index (κ3) is 4.66. The molecule has 1 aromatic heterocycles. The quantitative estimate of drug-likeness (QED) is 0.395. The van der Waals surface area contributed by atoms with Gasteiger partial charge in [0.2, 0.25) is 0 Å². The second kappa shape index (κ2) is 8.92. The van der Waals surface area contributed by atoms with Crippen molar-refractivity contribution in [1.29, 1.82) is 0 Å². The second-order valence-electron chi connectivity index (χ2n) is 7.40. The topological polar surface area (TPSA) is 91.5 Å². The van der Waals surface area contributed by atoms with E-state index in [-0.39, 0.29) is 5.56 Å². The largest absolute Gasteiger partial charge is 0.478 e. The van der Waals surface area contributed by atoms with Crippen LogP contribution in [0, 0.1) is 0 Å². The predicted octanol–water partition coefficient (Wildman–Crippen LogP) is 4.11. The number of nitrogens with zero attached hydrogens (tertiary/aromatic N) is 2. The molecule has 1 heterocycles. The predicted molar refractivity (Wildman–Crippen MR) is 120 cm³/mol. The molecule has 0 unspecified atom stereocenters. The lowest BCUT2D eigenvalue weighted by Gasteiger charge is -2.17. The average molecular weight is 393 g/mol. The highest BCUT2D eigenvalue weighted by Gasteiger charge is 2.20.